The zero-order valence-electron chi connectivity index (χ0n) is 20.2. The van der Waals surface area contributed by atoms with Gasteiger partial charge in [0.05, 0.1) is 6.10 Å². The first-order chi connectivity index (χ1) is 14.7. The van der Waals surface area contributed by atoms with E-state index in [2.05, 4.69) is 0 Å². The minimum Gasteiger partial charge on any atom is -0.481 e. The number of carbonyl (C=O) groups is 2. The summed E-state index contributed by atoms with van der Waals surface area (Å²) in [5.74, 6) is -6.82. The fourth-order valence-corrected chi connectivity index (χ4v) is 4.42. The number of unbranched alkanes of at least 4 members (excludes halogenated alkanes) is 4. The van der Waals surface area contributed by atoms with Crippen molar-refractivity contribution in [3.63, 3.8) is 0 Å². The van der Waals surface area contributed by atoms with Crippen LogP contribution in [0.25, 0.3) is 0 Å². The minimum atomic E-state index is -3.31. The van der Waals surface area contributed by atoms with E-state index in [0.29, 0.717) is 32.1 Å². The summed E-state index contributed by atoms with van der Waals surface area (Å²) in [7, 11) is 0. The molecule has 1 saturated heterocycles. The van der Waals surface area contributed by atoms with Crippen LogP contribution in [0.3, 0.4) is 0 Å². The maximum absolute atomic E-state index is 14.4. The summed E-state index contributed by atoms with van der Waals surface area (Å²) in [5.41, 5.74) is 5.35. The first-order valence-electron chi connectivity index (χ1n) is 12.0. The molecule has 2 aliphatic rings. The summed E-state index contributed by atoms with van der Waals surface area (Å²) < 4.78 is 34.3. The molecule has 0 bridgehead atoms. The molecule has 1 saturated carbocycles. The van der Waals surface area contributed by atoms with Crippen molar-refractivity contribution in [1.29, 1.82) is 0 Å². The Morgan fingerprint density at radius 3 is 2.34 bits per heavy atom. The standard InChI is InChI=1S/C20H32F2O5.C4H11N/c1-2-3-11-19(21,22)20(26)12-10-15-14(16(23)13-17(15)27-20)8-6-4-5-7-9-18(24)25;1-4(2,3)5/h14-15,17,26H,2-13H2,1H3,(H,24,25);5H2,1-3H3/t14-,15-,17-,20-;/m1./s1. The average molecular weight is 464 g/mol. The number of ether oxygens (including phenoxy) is 1. The molecule has 6 nitrogen and oxygen atoms in total. The molecular formula is C24H43F2NO5. The number of aliphatic carboxylic acids is 1. The summed E-state index contributed by atoms with van der Waals surface area (Å²) in [4.78, 5) is 22.8. The summed E-state index contributed by atoms with van der Waals surface area (Å²) in [6, 6.07) is 0. The molecule has 4 atom stereocenters. The van der Waals surface area contributed by atoms with E-state index in [4.69, 9.17) is 15.6 Å². The number of halogens is 2. The molecular weight excluding hydrogens is 420 g/mol. The normalized spacial score (nSPS) is 28.1. The van der Waals surface area contributed by atoms with Gasteiger partial charge in [-0.25, -0.2) is 8.78 Å². The molecule has 1 aliphatic heterocycles. The lowest BCUT2D eigenvalue weighted by Crippen LogP contribution is -2.55. The highest BCUT2D eigenvalue weighted by Crippen LogP contribution is 2.49. The van der Waals surface area contributed by atoms with Gasteiger partial charge < -0.3 is 20.7 Å². The summed E-state index contributed by atoms with van der Waals surface area (Å²) in [6.45, 7) is 7.72. The Kier molecular flexibility index (Phi) is 11.2. The number of hydrogen-bond donors (Lipinski definition) is 3. The van der Waals surface area contributed by atoms with E-state index in [-0.39, 0.29) is 42.4 Å². The molecule has 1 heterocycles. The molecule has 0 unspecified atom stereocenters. The molecule has 2 rings (SSSR count). The Bertz CT molecular complexity index is 602. The van der Waals surface area contributed by atoms with Crippen LogP contribution in [0.1, 0.15) is 105 Å². The third-order valence-corrected chi connectivity index (χ3v) is 6.04. The monoisotopic (exact) mass is 463 g/mol. The van der Waals surface area contributed by atoms with Crippen molar-refractivity contribution < 1.29 is 33.3 Å². The predicted molar refractivity (Wildman–Crippen MR) is 119 cm³/mol. The highest BCUT2D eigenvalue weighted by molar-refractivity contribution is 5.84. The smallest absolute Gasteiger partial charge is 0.303 e. The van der Waals surface area contributed by atoms with Gasteiger partial charge in [-0.05, 0) is 52.4 Å². The Morgan fingerprint density at radius 1 is 1.19 bits per heavy atom. The van der Waals surface area contributed by atoms with Gasteiger partial charge in [-0.15, -0.1) is 0 Å². The first-order valence-corrected chi connectivity index (χ1v) is 12.0. The number of fused-ring (bicyclic) bond motifs is 1. The largest absolute Gasteiger partial charge is 0.481 e. The van der Waals surface area contributed by atoms with Crippen molar-refractivity contribution in [1.82, 2.24) is 0 Å². The van der Waals surface area contributed by atoms with Crippen LogP contribution in [-0.2, 0) is 14.3 Å². The number of Topliss-reactive ketones (excluding diaryl/α,β-unsaturated/α-hetero) is 1. The molecule has 0 aromatic carbocycles. The van der Waals surface area contributed by atoms with Crippen molar-refractivity contribution in [3.05, 3.63) is 0 Å². The Balaban J connectivity index is 0.000000920. The second kappa shape index (κ2) is 12.4. The number of ketones is 1. The molecule has 8 heteroatoms. The Morgan fingerprint density at radius 2 is 1.78 bits per heavy atom. The fraction of sp³-hybridized carbons (Fsp3) is 0.917. The van der Waals surface area contributed by atoms with Gasteiger partial charge in [0.2, 0.25) is 5.79 Å². The zero-order chi connectivity index (χ0) is 24.6. The van der Waals surface area contributed by atoms with Gasteiger partial charge in [0.15, 0.2) is 0 Å². The van der Waals surface area contributed by atoms with E-state index in [9.17, 15) is 23.5 Å². The zero-order valence-corrected chi connectivity index (χ0v) is 20.2. The molecule has 4 N–H and O–H groups in total. The van der Waals surface area contributed by atoms with E-state index in [1.165, 1.54) is 0 Å². The second-order valence-corrected chi connectivity index (χ2v) is 10.4. The van der Waals surface area contributed by atoms with Crippen molar-refractivity contribution in [2.24, 2.45) is 17.6 Å². The molecule has 1 aliphatic carbocycles. The Hall–Kier alpha value is -1.12. The van der Waals surface area contributed by atoms with Gasteiger partial charge in [0.25, 0.3) is 0 Å². The van der Waals surface area contributed by atoms with Gasteiger partial charge in [-0.1, -0.05) is 32.6 Å². The number of carboxylic acids is 1. The fourth-order valence-electron chi connectivity index (χ4n) is 4.42. The Labute approximate surface area is 191 Å². The maximum Gasteiger partial charge on any atom is 0.303 e. The molecule has 0 spiro atoms. The molecule has 188 valence electrons. The van der Waals surface area contributed by atoms with E-state index in [0.717, 1.165) is 19.3 Å². The van der Waals surface area contributed by atoms with E-state index >= 15 is 0 Å². The molecule has 32 heavy (non-hydrogen) atoms. The van der Waals surface area contributed by atoms with Crippen molar-refractivity contribution in [2.45, 2.75) is 128 Å². The molecule has 0 aromatic rings. The summed E-state index contributed by atoms with van der Waals surface area (Å²) >= 11 is 0. The number of alkyl halides is 2. The van der Waals surface area contributed by atoms with Crippen LogP contribution in [0.4, 0.5) is 8.78 Å². The summed E-state index contributed by atoms with van der Waals surface area (Å²) in [6.07, 6.45) is 4.17. The number of rotatable bonds is 11. The molecule has 0 radical (unpaired) electrons. The third kappa shape index (κ3) is 9.40. The predicted octanol–water partition coefficient (Wildman–Crippen LogP) is 5.05. The highest BCUT2D eigenvalue weighted by Gasteiger charge is 2.59. The van der Waals surface area contributed by atoms with Crippen LogP contribution in [0, 0.1) is 11.8 Å². The van der Waals surface area contributed by atoms with E-state index in [1.807, 2.05) is 27.7 Å². The lowest BCUT2D eigenvalue weighted by molar-refractivity contribution is -0.356. The van der Waals surface area contributed by atoms with Gasteiger partial charge >= 0.3 is 11.9 Å². The third-order valence-electron chi connectivity index (χ3n) is 6.04. The first kappa shape index (κ1) is 28.9. The lowest BCUT2D eigenvalue weighted by Gasteiger charge is -2.43. The molecule has 0 amide bonds. The van der Waals surface area contributed by atoms with Crippen molar-refractivity contribution in [2.75, 3.05) is 0 Å². The molecule has 2 fully saturated rings. The van der Waals surface area contributed by atoms with Crippen molar-refractivity contribution in [3.8, 4) is 0 Å². The van der Waals surface area contributed by atoms with Gasteiger partial charge in [-0.3, -0.25) is 9.59 Å². The highest BCUT2D eigenvalue weighted by atomic mass is 19.3. The van der Waals surface area contributed by atoms with Crippen LogP contribution in [0.15, 0.2) is 0 Å². The molecule has 0 aromatic heterocycles. The lowest BCUT2D eigenvalue weighted by atomic mass is 9.81. The van der Waals surface area contributed by atoms with E-state index in [1.54, 1.807) is 0 Å². The van der Waals surface area contributed by atoms with Gasteiger partial charge in [0, 0.05) is 37.1 Å². The maximum atomic E-state index is 14.4. The second-order valence-electron chi connectivity index (χ2n) is 10.4. The van der Waals surface area contributed by atoms with Crippen LogP contribution < -0.4 is 5.73 Å². The SMILES string of the molecule is CC(C)(C)N.CCCCC(F)(F)[C@@]1(O)CC[C@H]2[C@@H](CC(=O)[C@@H]2CCCCCCC(=O)O)O1. The number of carboxylic acid groups (broad SMARTS) is 1. The van der Waals surface area contributed by atoms with Crippen LogP contribution >= 0.6 is 0 Å². The number of carbonyl (C=O) groups excluding carboxylic acids is 1. The quantitative estimate of drug-likeness (QED) is 0.370. The number of nitrogens with two attached hydrogens (primary N) is 1. The topological polar surface area (TPSA) is 110 Å². The summed E-state index contributed by atoms with van der Waals surface area (Å²) in [5, 5.41) is 19.1. The van der Waals surface area contributed by atoms with Crippen LogP contribution in [0.2, 0.25) is 0 Å². The minimum absolute atomic E-state index is 0. The van der Waals surface area contributed by atoms with Crippen molar-refractivity contribution >= 4 is 11.8 Å². The van der Waals surface area contributed by atoms with Crippen LogP contribution in [-0.4, -0.2) is 45.3 Å². The van der Waals surface area contributed by atoms with E-state index < -0.39 is 30.2 Å². The van der Waals surface area contributed by atoms with Gasteiger partial charge in [0.1, 0.15) is 5.78 Å². The van der Waals surface area contributed by atoms with Gasteiger partial charge in [-0.2, -0.15) is 0 Å². The number of aliphatic hydroxyl groups is 1. The number of hydrogen-bond acceptors (Lipinski definition) is 5. The average Bonchev–Trinajstić information content (AvgIpc) is 2.95. The van der Waals surface area contributed by atoms with Crippen LogP contribution in [0.5, 0.6) is 0 Å².